The van der Waals surface area contributed by atoms with E-state index in [4.69, 9.17) is 9.72 Å². The molecular weight excluding hydrogens is 716 g/mol. The number of benzene rings is 3. The Bertz CT molecular complexity index is 2170. The first kappa shape index (κ1) is 27.2. The molecule has 7 aromatic rings. The molecule has 0 spiro atoms. The SMILES string of the molecule is Cn1cnn(-c2[c-]c(Oc3[c-]c4c(cc3)c3cc(C(C)(C)C)ccc3n4-c3ccc(-c4ccncc4)cn3)ccc2)[c]1=[Pt]. The molecule has 4 aromatic heterocycles. The Labute approximate surface area is 260 Å². The average Bonchev–Trinajstić information content (AvgIpc) is 3.52. The van der Waals surface area contributed by atoms with Crippen molar-refractivity contribution in [3.8, 4) is 34.1 Å². The summed E-state index contributed by atoms with van der Waals surface area (Å²) in [4.78, 5) is 9.04. The van der Waals surface area contributed by atoms with Gasteiger partial charge in [-0.3, -0.25) is 4.98 Å². The number of hydrogen-bond donors (Lipinski definition) is 0. The van der Waals surface area contributed by atoms with Crippen molar-refractivity contribution >= 4 is 21.8 Å². The predicted octanol–water partition coefficient (Wildman–Crippen LogP) is 7.53. The fraction of sp³-hybridized carbons (Fsp3) is 0.143. The van der Waals surface area contributed by atoms with E-state index in [0.717, 1.165) is 48.2 Å². The molecule has 0 unspecified atom stereocenters. The number of fused-ring (bicyclic) bond motifs is 3. The molecule has 0 saturated heterocycles. The van der Waals surface area contributed by atoms with Gasteiger partial charge in [0.25, 0.3) is 0 Å². The van der Waals surface area contributed by atoms with Gasteiger partial charge in [-0.25, -0.2) is 0 Å². The summed E-state index contributed by atoms with van der Waals surface area (Å²) in [5, 5.41) is 6.70. The van der Waals surface area contributed by atoms with Gasteiger partial charge in [-0.2, -0.15) is 0 Å². The first-order chi connectivity index (χ1) is 20.8. The van der Waals surface area contributed by atoms with E-state index in [0.29, 0.717) is 11.5 Å². The van der Waals surface area contributed by atoms with Gasteiger partial charge in [-0.05, 0) is 34.7 Å². The minimum atomic E-state index is 0.0180. The van der Waals surface area contributed by atoms with Crippen LogP contribution in [-0.4, -0.2) is 28.9 Å². The van der Waals surface area contributed by atoms with Crippen molar-refractivity contribution in [3.63, 3.8) is 0 Å². The zero-order valence-electron chi connectivity index (χ0n) is 24.1. The van der Waals surface area contributed by atoms with Crippen molar-refractivity contribution in [3.05, 3.63) is 119 Å². The summed E-state index contributed by atoms with van der Waals surface area (Å²) < 4.78 is 13.2. The molecular formula is C35H28N6OPt-2. The summed E-state index contributed by atoms with van der Waals surface area (Å²) in [5.74, 6) is 1.99. The third-order valence-corrected chi connectivity index (χ3v) is 8.76. The Morgan fingerprint density at radius 3 is 2.37 bits per heavy atom. The van der Waals surface area contributed by atoms with Crippen molar-refractivity contribution < 1.29 is 24.1 Å². The molecule has 0 N–H and O–H groups in total. The van der Waals surface area contributed by atoms with Crippen molar-refractivity contribution in [2.75, 3.05) is 0 Å². The van der Waals surface area contributed by atoms with Crippen LogP contribution in [0.2, 0.25) is 0 Å². The summed E-state index contributed by atoms with van der Waals surface area (Å²) in [5.41, 5.74) is 6.16. The summed E-state index contributed by atoms with van der Waals surface area (Å²) in [7, 11) is 1.96. The molecule has 0 radical (unpaired) electrons. The molecule has 216 valence electrons. The van der Waals surface area contributed by atoms with Gasteiger partial charge in [0.05, 0.1) is 0 Å². The molecule has 0 aliphatic rings. The van der Waals surface area contributed by atoms with E-state index in [2.05, 4.69) is 103 Å². The maximum atomic E-state index is 6.34. The standard InChI is InChI=1S/C35H28N6O.Pt/c1-35(2,3)26-9-12-32-31(18-26)30-11-10-29(42-28-7-5-6-27(19-28)40-23-39(4)22-38-40)20-33(30)41(32)34-13-8-25(21-37-34)24-14-16-36-17-15-24;/h5-18,21-22H,1-4H3;/q-2;. The van der Waals surface area contributed by atoms with Gasteiger partial charge in [0.15, 0.2) is 0 Å². The van der Waals surface area contributed by atoms with E-state index in [1.54, 1.807) is 18.7 Å². The molecule has 7 rings (SSSR count). The number of nitrogens with zero attached hydrogens (tertiary/aromatic N) is 6. The zero-order chi connectivity index (χ0) is 29.7. The van der Waals surface area contributed by atoms with Crippen LogP contribution in [0.25, 0.3) is 44.4 Å². The quantitative estimate of drug-likeness (QED) is 0.171. The number of ether oxygens (including phenoxy) is 1. The van der Waals surface area contributed by atoms with E-state index in [1.165, 1.54) is 5.56 Å². The zero-order valence-corrected chi connectivity index (χ0v) is 26.4. The Balaban J connectivity index is 1.35. The summed E-state index contributed by atoms with van der Waals surface area (Å²) in [6, 6.07) is 31.6. The van der Waals surface area contributed by atoms with Crippen LogP contribution in [0.1, 0.15) is 26.3 Å². The Hall–Kier alpha value is -4.61. The van der Waals surface area contributed by atoms with Gasteiger partial charge in [0, 0.05) is 24.2 Å². The minimum absolute atomic E-state index is 0.0180. The van der Waals surface area contributed by atoms with Crippen LogP contribution in [0.3, 0.4) is 0 Å². The second-order valence-corrected chi connectivity index (χ2v) is 12.5. The van der Waals surface area contributed by atoms with Gasteiger partial charge in [-0.15, -0.1) is 0 Å². The molecule has 43 heavy (non-hydrogen) atoms. The Morgan fingerprint density at radius 2 is 1.65 bits per heavy atom. The van der Waals surface area contributed by atoms with E-state index in [9.17, 15) is 0 Å². The van der Waals surface area contributed by atoms with E-state index in [-0.39, 0.29) is 5.41 Å². The van der Waals surface area contributed by atoms with Crippen LogP contribution in [-0.2, 0) is 31.8 Å². The molecule has 0 bridgehead atoms. The number of aromatic nitrogens is 6. The van der Waals surface area contributed by atoms with Crippen molar-refractivity contribution in [1.29, 1.82) is 0 Å². The van der Waals surface area contributed by atoms with Crippen LogP contribution < -0.4 is 4.74 Å². The number of aryl methyl sites for hydroxylation is 1. The summed E-state index contributed by atoms with van der Waals surface area (Å²) in [6.45, 7) is 6.71. The number of pyridine rings is 2. The predicted molar refractivity (Wildman–Crippen MR) is 164 cm³/mol. The molecule has 0 atom stereocenters. The van der Waals surface area contributed by atoms with Crippen LogP contribution in [0, 0.1) is 15.9 Å². The Morgan fingerprint density at radius 1 is 0.837 bits per heavy atom. The van der Waals surface area contributed by atoms with E-state index in [1.807, 2.05) is 58.9 Å². The van der Waals surface area contributed by atoms with Crippen molar-refractivity contribution in [2.45, 2.75) is 26.2 Å². The molecule has 0 saturated carbocycles. The van der Waals surface area contributed by atoms with Crippen molar-refractivity contribution in [1.82, 2.24) is 28.9 Å². The molecule has 7 nitrogen and oxygen atoms in total. The monoisotopic (exact) mass is 743 g/mol. The average molecular weight is 744 g/mol. The third-order valence-electron chi connectivity index (χ3n) is 7.48. The van der Waals surface area contributed by atoms with Gasteiger partial charge >= 0.3 is 171 Å². The summed E-state index contributed by atoms with van der Waals surface area (Å²) >= 11 is 2.24. The molecule has 0 aliphatic heterocycles. The molecule has 0 amide bonds. The first-order valence-electron chi connectivity index (χ1n) is 13.9. The van der Waals surface area contributed by atoms with E-state index < -0.39 is 0 Å². The van der Waals surface area contributed by atoms with Crippen LogP contribution in [0.4, 0.5) is 0 Å². The van der Waals surface area contributed by atoms with Crippen LogP contribution in [0.5, 0.6) is 11.5 Å². The molecule has 3 aromatic carbocycles. The van der Waals surface area contributed by atoms with Gasteiger partial charge < -0.3 is 0 Å². The van der Waals surface area contributed by atoms with Gasteiger partial charge in [-0.1, -0.05) is 26.8 Å². The second kappa shape index (κ2) is 10.6. The number of hydrogen-bond acceptors (Lipinski definition) is 4. The third kappa shape index (κ3) is 5.04. The molecule has 0 fully saturated rings. The molecule has 0 aliphatic carbocycles. The normalized spacial score (nSPS) is 11.9. The first-order valence-corrected chi connectivity index (χ1v) is 15.0. The number of rotatable bonds is 5. The fourth-order valence-corrected chi connectivity index (χ4v) is 5.72. The fourth-order valence-electron chi connectivity index (χ4n) is 5.18. The topological polar surface area (TPSA) is 62.7 Å². The molecule has 4 heterocycles. The van der Waals surface area contributed by atoms with Gasteiger partial charge in [0.1, 0.15) is 0 Å². The van der Waals surface area contributed by atoms with E-state index >= 15 is 0 Å². The van der Waals surface area contributed by atoms with Gasteiger partial charge in [0.2, 0.25) is 0 Å². The van der Waals surface area contributed by atoms with Crippen LogP contribution >= 0.6 is 0 Å². The maximum absolute atomic E-state index is 6.34. The Kier molecular flexibility index (Phi) is 6.70. The second-order valence-electron chi connectivity index (χ2n) is 11.4. The summed E-state index contributed by atoms with van der Waals surface area (Å²) in [6.07, 6.45) is 7.27. The molecule has 8 heteroatoms. The van der Waals surface area contributed by atoms with Crippen molar-refractivity contribution in [2.24, 2.45) is 7.05 Å². The van der Waals surface area contributed by atoms with Crippen LogP contribution in [0.15, 0.2) is 97.7 Å².